The Hall–Kier alpha value is -1.53. The smallest absolute Gasteiger partial charge is 0.123 e. The minimum atomic E-state index is -0.230. The van der Waals surface area contributed by atoms with Crippen LogP contribution in [0.4, 0.5) is 0 Å². The monoisotopic (exact) mass is 260 g/mol. The van der Waals surface area contributed by atoms with E-state index in [1.54, 1.807) is 0 Å². The van der Waals surface area contributed by atoms with Crippen molar-refractivity contribution in [3.63, 3.8) is 0 Å². The van der Waals surface area contributed by atoms with Gasteiger partial charge in [-0.15, -0.1) is 0 Å². The van der Waals surface area contributed by atoms with E-state index in [-0.39, 0.29) is 5.41 Å². The second kappa shape index (κ2) is 7.16. The van der Waals surface area contributed by atoms with E-state index in [0.717, 1.165) is 30.6 Å². The molecule has 2 N–H and O–H groups in total. The molecule has 0 fully saturated rings. The van der Waals surface area contributed by atoms with E-state index in [1.165, 1.54) is 5.56 Å². The first-order chi connectivity index (χ1) is 8.98. The van der Waals surface area contributed by atoms with Crippen LogP contribution in [0.15, 0.2) is 18.2 Å². The van der Waals surface area contributed by atoms with Crippen molar-refractivity contribution in [1.82, 2.24) is 0 Å². The molecule has 3 nitrogen and oxygen atoms in total. The highest BCUT2D eigenvalue weighted by atomic mass is 16.5. The predicted octanol–water partition coefficient (Wildman–Crippen LogP) is 3.55. The second-order valence-corrected chi connectivity index (χ2v) is 5.62. The van der Waals surface area contributed by atoms with Gasteiger partial charge in [-0.05, 0) is 46.1 Å². The van der Waals surface area contributed by atoms with Crippen molar-refractivity contribution in [1.29, 1.82) is 5.26 Å². The van der Waals surface area contributed by atoms with Crippen molar-refractivity contribution in [2.45, 2.75) is 46.6 Å². The van der Waals surface area contributed by atoms with Crippen LogP contribution in [0, 0.1) is 23.7 Å². The van der Waals surface area contributed by atoms with Crippen LogP contribution in [0.5, 0.6) is 5.75 Å². The quantitative estimate of drug-likeness (QED) is 0.763. The summed E-state index contributed by atoms with van der Waals surface area (Å²) in [5.74, 6) is 0.882. The zero-order valence-corrected chi connectivity index (χ0v) is 12.2. The largest absolute Gasteiger partial charge is 0.493 e. The summed E-state index contributed by atoms with van der Waals surface area (Å²) in [6, 6.07) is 8.40. The number of nitrogens with two attached hydrogens (primary N) is 1. The molecular formula is C16H24N2O. The van der Waals surface area contributed by atoms with Crippen LogP contribution >= 0.6 is 0 Å². The molecule has 0 saturated heterocycles. The predicted molar refractivity (Wildman–Crippen MR) is 77.8 cm³/mol. The van der Waals surface area contributed by atoms with Gasteiger partial charge in [0.05, 0.1) is 18.1 Å². The number of rotatable bonds is 7. The Morgan fingerprint density at radius 2 is 2.05 bits per heavy atom. The molecule has 0 atom stereocenters. The molecule has 0 bridgehead atoms. The van der Waals surface area contributed by atoms with Crippen molar-refractivity contribution in [2.75, 3.05) is 6.61 Å². The summed E-state index contributed by atoms with van der Waals surface area (Å²) in [4.78, 5) is 0. The highest BCUT2D eigenvalue weighted by Crippen LogP contribution is 2.23. The summed E-state index contributed by atoms with van der Waals surface area (Å²) in [6.45, 7) is 7.17. The Morgan fingerprint density at radius 1 is 1.32 bits per heavy atom. The normalized spacial score (nSPS) is 11.1. The van der Waals surface area contributed by atoms with Gasteiger partial charge in [0.25, 0.3) is 0 Å². The van der Waals surface area contributed by atoms with Gasteiger partial charge < -0.3 is 10.5 Å². The Morgan fingerprint density at radius 3 is 2.68 bits per heavy atom. The molecule has 0 amide bonds. The number of nitriles is 1. The topological polar surface area (TPSA) is 59.0 Å². The molecule has 0 aliphatic carbocycles. The van der Waals surface area contributed by atoms with Crippen LogP contribution in [0.2, 0.25) is 0 Å². The molecule has 1 rings (SSSR count). The Balaban J connectivity index is 2.36. The molecule has 1 aromatic carbocycles. The molecule has 0 saturated carbocycles. The molecule has 104 valence electrons. The van der Waals surface area contributed by atoms with Crippen LogP contribution in [-0.4, -0.2) is 6.61 Å². The van der Waals surface area contributed by atoms with Gasteiger partial charge >= 0.3 is 0 Å². The van der Waals surface area contributed by atoms with Gasteiger partial charge in [0, 0.05) is 12.1 Å². The second-order valence-electron chi connectivity index (χ2n) is 5.62. The summed E-state index contributed by atoms with van der Waals surface area (Å²) >= 11 is 0. The minimum absolute atomic E-state index is 0.230. The first-order valence-corrected chi connectivity index (χ1v) is 6.82. The van der Waals surface area contributed by atoms with Crippen LogP contribution in [-0.2, 0) is 6.54 Å². The van der Waals surface area contributed by atoms with Gasteiger partial charge in [0.15, 0.2) is 0 Å². The van der Waals surface area contributed by atoms with E-state index >= 15 is 0 Å². The summed E-state index contributed by atoms with van der Waals surface area (Å²) in [5.41, 5.74) is 7.73. The van der Waals surface area contributed by atoms with Crippen LogP contribution < -0.4 is 10.5 Å². The first kappa shape index (κ1) is 15.5. The number of benzene rings is 1. The maximum Gasteiger partial charge on any atom is 0.123 e. The number of ether oxygens (including phenoxy) is 1. The minimum Gasteiger partial charge on any atom is -0.493 e. The molecule has 3 heteroatoms. The van der Waals surface area contributed by atoms with Gasteiger partial charge in [-0.2, -0.15) is 5.26 Å². The maximum atomic E-state index is 8.93. The molecular weight excluding hydrogens is 236 g/mol. The van der Waals surface area contributed by atoms with E-state index in [0.29, 0.717) is 13.2 Å². The molecule has 0 spiro atoms. The molecule has 0 unspecified atom stereocenters. The lowest BCUT2D eigenvalue weighted by molar-refractivity contribution is 0.292. The third-order valence-electron chi connectivity index (χ3n) is 3.19. The third-order valence-corrected chi connectivity index (χ3v) is 3.19. The van der Waals surface area contributed by atoms with Crippen LogP contribution in [0.25, 0.3) is 0 Å². The Kier molecular flexibility index (Phi) is 5.85. The van der Waals surface area contributed by atoms with Crippen molar-refractivity contribution < 1.29 is 4.74 Å². The lowest BCUT2D eigenvalue weighted by atomic mass is 9.89. The Bertz CT molecular complexity index is 447. The van der Waals surface area contributed by atoms with Crippen molar-refractivity contribution in [3.05, 3.63) is 29.3 Å². The van der Waals surface area contributed by atoms with Crippen LogP contribution in [0.3, 0.4) is 0 Å². The molecule has 0 radical (unpaired) electrons. The summed E-state index contributed by atoms with van der Waals surface area (Å²) in [7, 11) is 0. The molecule has 0 aliphatic rings. The molecule has 1 aromatic rings. The lowest BCUT2D eigenvalue weighted by Gasteiger charge is -2.15. The van der Waals surface area contributed by atoms with Gasteiger partial charge in [-0.3, -0.25) is 0 Å². The van der Waals surface area contributed by atoms with Gasteiger partial charge in [-0.25, -0.2) is 0 Å². The number of aryl methyl sites for hydroxylation is 1. The zero-order chi connectivity index (χ0) is 14.3. The van der Waals surface area contributed by atoms with E-state index in [4.69, 9.17) is 15.7 Å². The summed E-state index contributed by atoms with van der Waals surface area (Å²) in [6.07, 6.45) is 2.87. The highest BCUT2D eigenvalue weighted by molar-refractivity contribution is 5.36. The fourth-order valence-electron chi connectivity index (χ4n) is 1.92. The fourth-order valence-corrected chi connectivity index (χ4v) is 1.92. The van der Waals surface area contributed by atoms with E-state index in [1.807, 2.05) is 32.9 Å². The number of hydrogen-bond donors (Lipinski definition) is 1. The molecule has 19 heavy (non-hydrogen) atoms. The van der Waals surface area contributed by atoms with Crippen molar-refractivity contribution in [2.24, 2.45) is 11.1 Å². The van der Waals surface area contributed by atoms with Gasteiger partial charge in [0.2, 0.25) is 0 Å². The average molecular weight is 260 g/mol. The molecule has 0 aliphatic heterocycles. The van der Waals surface area contributed by atoms with E-state index in [9.17, 15) is 0 Å². The zero-order valence-electron chi connectivity index (χ0n) is 12.2. The average Bonchev–Trinajstić information content (AvgIpc) is 2.39. The van der Waals surface area contributed by atoms with Gasteiger partial charge in [-0.1, -0.05) is 17.7 Å². The molecule has 0 heterocycles. The van der Waals surface area contributed by atoms with Crippen LogP contribution in [0.1, 0.15) is 44.2 Å². The highest BCUT2D eigenvalue weighted by Gasteiger charge is 2.15. The number of hydrogen-bond acceptors (Lipinski definition) is 3. The third kappa shape index (κ3) is 5.32. The SMILES string of the molecule is Cc1ccc(OCCCCC(C)(C)C#N)c(CN)c1. The standard InChI is InChI=1S/C16H24N2O/c1-13-6-7-15(14(10-13)11-17)19-9-5-4-8-16(2,3)12-18/h6-7,10H,4-5,8-9,11,17H2,1-3H3. The Labute approximate surface area is 116 Å². The lowest BCUT2D eigenvalue weighted by Crippen LogP contribution is -2.09. The van der Waals surface area contributed by atoms with Gasteiger partial charge in [0.1, 0.15) is 5.75 Å². The summed E-state index contributed by atoms with van der Waals surface area (Å²) < 4.78 is 5.77. The fraction of sp³-hybridized carbons (Fsp3) is 0.562. The molecule has 0 aromatic heterocycles. The number of nitrogens with zero attached hydrogens (tertiary/aromatic N) is 1. The maximum absolute atomic E-state index is 8.93. The first-order valence-electron chi connectivity index (χ1n) is 6.82. The van der Waals surface area contributed by atoms with Crippen molar-refractivity contribution >= 4 is 0 Å². The summed E-state index contributed by atoms with van der Waals surface area (Å²) in [5, 5.41) is 8.93. The number of unbranched alkanes of at least 4 members (excludes halogenated alkanes) is 1. The van der Waals surface area contributed by atoms with Crippen molar-refractivity contribution in [3.8, 4) is 11.8 Å². The van der Waals surface area contributed by atoms with E-state index in [2.05, 4.69) is 12.1 Å². The van der Waals surface area contributed by atoms with E-state index < -0.39 is 0 Å².